The minimum Gasteiger partial charge on any atom is -0.370 e. The van der Waals surface area contributed by atoms with Crippen molar-refractivity contribution >= 4 is 21.7 Å². The van der Waals surface area contributed by atoms with Crippen LogP contribution in [0.25, 0.3) is 0 Å². The van der Waals surface area contributed by atoms with Gasteiger partial charge in [0, 0.05) is 6.54 Å². The molecule has 0 saturated carbocycles. The van der Waals surface area contributed by atoms with Gasteiger partial charge in [-0.2, -0.15) is 0 Å². The Morgan fingerprint density at radius 1 is 1.33 bits per heavy atom. The Morgan fingerprint density at radius 3 is 2.80 bits per heavy atom. The Balaban J connectivity index is 2.15. The fraction of sp³-hybridized carbons (Fsp3) is 0.545. The second kappa shape index (κ2) is 6.80. The maximum Gasteiger partial charge on any atom is 0.127 e. The lowest BCUT2D eigenvalue weighted by atomic mass is 10.3. The van der Waals surface area contributed by atoms with Crippen LogP contribution in [0.15, 0.2) is 22.8 Å². The van der Waals surface area contributed by atoms with Crippen molar-refractivity contribution in [2.24, 2.45) is 0 Å². The summed E-state index contributed by atoms with van der Waals surface area (Å²) in [5.41, 5.74) is 0. The maximum atomic E-state index is 4.30. The van der Waals surface area contributed by atoms with E-state index in [1.165, 1.54) is 12.8 Å². The third-order valence-electron chi connectivity index (χ3n) is 2.05. The van der Waals surface area contributed by atoms with Crippen molar-refractivity contribution in [3.8, 4) is 0 Å². The lowest BCUT2D eigenvalue weighted by Gasteiger charge is -2.09. The molecule has 84 valence electrons. The van der Waals surface area contributed by atoms with Gasteiger partial charge in [-0.15, -0.1) is 0 Å². The molecule has 3 nitrogen and oxygen atoms in total. The fourth-order valence-electron chi connectivity index (χ4n) is 1.28. The Hall–Kier alpha value is -0.610. The minimum absolute atomic E-state index is 0.876. The van der Waals surface area contributed by atoms with Crippen LogP contribution in [0.4, 0.5) is 5.82 Å². The highest BCUT2D eigenvalue weighted by atomic mass is 79.9. The lowest BCUT2D eigenvalue weighted by Crippen LogP contribution is -2.14. The number of anilines is 1. The molecule has 0 bridgehead atoms. The highest BCUT2D eigenvalue weighted by molar-refractivity contribution is 9.10. The van der Waals surface area contributed by atoms with Gasteiger partial charge in [0.1, 0.15) is 10.4 Å². The van der Waals surface area contributed by atoms with Gasteiger partial charge in [0.25, 0.3) is 0 Å². The van der Waals surface area contributed by atoms with Crippen LogP contribution in [0.3, 0.4) is 0 Å². The molecule has 0 aliphatic rings. The highest BCUT2D eigenvalue weighted by Gasteiger charge is 1.94. The van der Waals surface area contributed by atoms with Gasteiger partial charge >= 0.3 is 0 Å². The molecule has 0 spiro atoms. The molecular weight excluding hydrogens is 254 g/mol. The summed E-state index contributed by atoms with van der Waals surface area (Å²) < 4.78 is 0.876. The molecule has 0 atom stereocenters. The van der Waals surface area contributed by atoms with Gasteiger partial charge in [-0.3, -0.25) is 0 Å². The molecule has 1 N–H and O–H groups in total. The van der Waals surface area contributed by atoms with Crippen molar-refractivity contribution < 1.29 is 0 Å². The van der Waals surface area contributed by atoms with Gasteiger partial charge in [-0.1, -0.05) is 6.07 Å². The van der Waals surface area contributed by atoms with E-state index in [1.54, 1.807) is 0 Å². The third kappa shape index (κ3) is 5.74. The Kier molecular flexibility index (Phi) is 5.65. The molecule has 0 saturated heterocycles. The van der Waals surface area contributed by atoms with E-state index in [9.17, 15) is 0 Å². The summed E-state index contributed by atoms with van der Waals surface area (Å²) in [5, 5.41) is 3.30. The van der Waals surface area contributed by atoms with E-state index in [0.29, 0.717) is 0 Å². The number of rotatable bonds is 6. The topological polar surface area (TPSA) is 28.2 Å². The second-order valence-electron chi connectivity index (χ2n) is 3.78. The summed E-state index contributed by atoms with van der Waals surface area (Å²) in [6.07, 6.45) is 2.39. The van der Waals surface area contributed by atoms with Crippen molar-refractivity contribution in [1.29, 1.82) is 0 Å². The maximum absolute atomic E-state index is 4.30. The van der Waals surface area contributed by atoms with Crippen LogP contribution in [0.1, 0.15) is 12.8 Å². The SMILES string of the molecule is CN(C)CCCCNc1cccc(Br)n1. The van der Waals surface area contributed by atoms with Crippen molar-refractivity contribution in [2.75, 3.05) is 32.5 Å². The van der Waals surface area contributed by atoms with E-state index in [4.69, 9.17) is 0 Å². The van der Waals surface area contributed by atoms with Gasteiger partial charge in [0.2, 0.25) is 0 Å². The number of nitrogens with one attached hydrogen (secondary N) is 1. The number of aromatic nitrogens is 1. The second-order valence-corrected chi connectivity index (χ2v) is 4.60. The van der Waals surface area contributed by atoms with Crippen LogP contribution in [0, 0.1) is 0 Å². The number of hydrogen-bond acceptors (Lipinski definition) is 3. The predicted molar refractivity (Wildman–Crippen MR) is 68.2 cm³/mol. The van der Waals surface area contributed by atoms with E-state index in [2.05, 4.69) is 45.2 Å². The first-order valence-corrected chi connectivity index (χ1v) is 5.99. The monoisotopic (exact) mass is 271 g/mol. The molecule has 0 radical (unpaired) electrons. The first-order chi connectivity index (χ1) is 7.18. The van der Waals surface area contributed by atoms with E-state index < -0.39 is 0 Å². The Labute approximate surface area is 100 Å². The molecule has 1 aromatic rings. The number of unbranched alkanes of at least 4 members (excludes halogenated alkanes) is 1. The zero-order valence-corrected chi connectivity index (χ0v) is 10.9. The average molecular weight is 272 g/mol. The minimum atomic E-state index is 0.876. The predicted octanol–water partition coefficient (Wildman–Crippen LogP) is 2.60. The molecule has 1 aromatic heterocycles. The lowest BCUT2D eigenvalue weighted by molar-refractivity contribution is 0.396. The molecule has 15 heavy (non-hydrogen) atoms. The zero-order chi connectivity index (χ0) is 11.1. The summed E-state index contributed by atoms with van der Waals surface area (Å²) in [4.78, 5) is 6.51. The van der Waals surface area contributed by atoms with E-state index >= 15 is 0 Å². The van der Waals surface area contributed by atoms with E-state index in [1.807, 2.05) is 18.2 Å². The molecule has 0 fully saturated rings. The zero-order valence-electron chi connectivity index (χ0n) is 9.33. The summed E-state index contributed by atoms with van der Waals surface area (Å²) >= 11 is 3.35. The molecule has 4 heteroatoms. The number of pyridine rings is 1. The first kappa shape index (κ1) is 12.5. The molecule has 0 aliphatic heterocycles. The molecule has 1 heterocycles. The van der Waals surface area contributed by atoms with E-state index in [-0.39, 0.29) is 0 Å². The van der Waals surface area contributed by atoms with Crippen LogP contribution in [0.5, 0.6) is 0 Å². The smallest absolute Gasteiger partial charge is 0.127 e. The van der Waals surface area contributed by atoms with Crippen LogP contribution in [-0.4, -0.2) is 37.1 Å². The van der Waals surface area contributed by atoms with Crippen molar-refractivity contribution in [1.82, 2.24) is 9.88 Å². The summed E-state index contributed by atoms with van der Waals surface area (Å²) in [7, 11) is 4.20. The fourth-order valence-corrected chi connectivity index (χ4v) is 1.62. The molecular formula is C11H18BrN3. The normalized spacial score (nSPS) is 10.7. The van der Waals surface area contributed by atoms with Gasteiger partial charge < -0.3 is 10.2 Å². The van der Waals surface area contributed by atoms with Gasteiger partial charge in [0.05, 0.1) is 0 Å². The summed E-state index contributed by atoms with van der Waals surface area (Å²) in [6, 6.07) is 5.90. The molecule has 0 aromatic carbocycles. The molecule has 0 unspecified atom stereocenters. The molecule has 0 aliphatic carbocycles. The Bertz CT molecular complexity index is 289. The molecule has 1 rings (SSSR count). The van der Waals surface area contributed by atoms with Crippen LogP contribution < -0.4 is 5.32 Å². The standard InChI is InChI=1S/C11H18BrN3/c1-15(2)9-4-3-8-13-11-7-5-6-10(12)14-11/h5-7H,3-4,8-9H2,1-2H3,(H,13,14). The number of nitrogens with zero attached hydrogens (tertiary/aromatic N) is 2. The third-order valence-corrected chi connectivity index (χ3v) is 2.49. The first-order valence-electron chi connectivity index (χ1n) is 5.19. The summed E-state index contributed by atoms with van der Waals surface area (Å²) in [6.45, 7) is 2.13. The van der Waals surface area contributed by atoms with Gasteiger partial charge in [-0.25, -0.2) is 4.98 Å². The highest BCUT2D eigenvalue weighted by Crippen LogP contribution is 2.09. The van der Waals surface area contributed by atoms with Gasteiger partial charge in [-0.05, 0) is 61.5 Å². The Morgan fingerprint density at radius 2 is 2.13 bits per heavy atom. The summed E-state index contributed by atoms with van der Waals surface area (Å²) in [5.74, 6) is 0.939. The quantitative estimate of drug-likeness (QED) is 0.637. The van der Waals surface area contributed by atoms with Gasteiger partial charge in [0.15, 0.2) is 0 Å². The van der Waals surface area contributed by atoms with Crippen molar-refractivity contribution in [3.05, 3.63) is 22.8 Å². The van der Waals surface area contributed by atoms with Crippen molar-refractivity contribution in [3.63, 3.8) is 0 Å². The van der Waals surface area contributed by atoms with Crippen molar-refractivity contribution in [2.45, 2.75) is 12.8 Å². The largest absolute Gasteiger partial charge is 0.370 e. The van der Waals surface area contributed by atoms with Crippen LogP contribution >= 0.6 is 15.9 Å². The molecule has 0 amide bonds. The van der Waals surface area contributed by atoms with Crippen LogP contribution in [0.2, 0.25) is 0 Å². The van der Waals surface area contributed by atoms with Crippen LogP contribution in [-0.2, 0) is 0 Å². The average Bonchev–Trinajstić information content (AvgIpc) is 2.17. The number of hydrogen-bond donors (Lipinski definition) is 1. The number of halogens is 1. The van der Waals surface area contributed by atoms with E-state index in [0.717, 1.165) is 23.5 Å².